The number of anilines is 1. The quantitative estimate of drug-likeness (QED) is 0.760. The van der Waals surface area contributed by atoms with Gasteiger partial charge in [-0.3, -0.25) is 0 Å². The summed E-state index contributed by atoms with van der Waals surface area (Å²) in [5.41, 5.74) is 5.57. The molecule has 0 amide bonds. The molecule has 0 spiro atoms. The van der Waals surface area contributed by atoms with Gasteiger partial charge in [0, 0.05) is 38.1 Å². The maximum Gasteiger partial charge on any atom is 0.205 e. The Bertz CT molecular complexity index is 290. The average Bonchev–Trinajstić information content (AvgIpc) is 2.94. The molecular weight excluding hydrogens is 176 g/mol. The highest BCUT2D eigenvalue weighted by Gasteiger charge is 2.26. The second-order valence-electron chi connectivity index (χ2n) is 3.73. The van der Waals surface area contributed by atoms with Crippen molar-refractivity contribution in [2.45, 2.75) is 25.8 Å². The minimum absolute atomic E-state index is 0.686. The highest BCUT2D eigenvalue weighted by atomic mass is 15.3. The van der Waals surface area contributed by atoms with Crippen LogP contribution in [0.2, 0.25) is 0 Å². The van der Waals surface area contributed by atoms with E-state index in [1.54, 1.807) is 0 Å². The van der Waals surface area contributed by atoms with Gasteiger partial charge in [-0.15, -0.1) is 0 Å². The number of nitrogens with zero attached hydrogens (tertiary/aromatic N) is 3. The maximum atomic E-state index is 5.57. The normalized spacial score (nSPS) is 15.9. The second kappa shape index (κ2) is 4.00. The zero-order valence-corrected chi connectivity index (χ0v) is 8.69. The largest absolute Gasteiger partial charge is 0.341 e. The minimum Gasteiger partial charge on any atom is -0.341 e. The molecule has 0 saturated heterocycles. The number of hydrogen-bond acceptors (Lipinski definition) is 3. The van der Waals surface area contributed by atoms with Gasteiger partial charge in [-0.2, -0.15) is 0 Å². The van der Waals surface area contributed by atoms with Crippen molar-refractivity contribution >= 4 is 5.95 Å². The molecule has 4 heteroatoms. The van der Waals surface area contributed by atoms with Crippen LogP contribution in [-0.4, -0.2) is 29.2 Å². The van der Waals surface area contributed by atoms with E-state index in [1.165, 1.54) is 12.8 Å². The van der Waals surface area contributed by atoms with E-state index >= 15 is 0 Å². The van der Waals surface area contributed by atoms with Gasteiger partial charge in [0.15, 0.2) is 0 Å². The topological polar surface area (TPSA) is 47.1 Å². The Hall–Kier alpha value is -1.03. The molecule has 0 radical (unpaired) electrons. The first-order valence-corrected chi connectivity index (χ1v) is 5.34. The van der Waals surface area contributed by atoms with E-state index in [2.05, 4.69) is 27.6 Å². The highest BCUT2D eigenvalue weighted by Crippen LogP contribution is 2.37. The van der Waals surface area contributed by atoms with Crippen LogP contribution in [-0.2, 0) is 0 Å². The van der Waals surface area contributed by atoms with E-state index in [1.807, 2.05) is 6.20 Å². The summed E-state index contributed by atoms with van der Waals surface area (Å²) in [6.07, 6.45) is 6.55. The Morgan fingerprint density at radius 2 is 2.43 bits per heavy atom. The van der Waals surface area contributed by atoms with E-state index in [-0.39, 0.29) is 0 Å². The van der Waals surface area contributed by atoms with Gasteiger partial charge in [-0.1, -0.05) is 0 Å². The maximum absolute atomic E-state index is 5.57. The van der Waals surface area contributed by atoms with Crippen LogP contribution in [0.5, 0.6) is 0 Å². The highest BCUT2D eigenvalue weighted by molar-refractivity contribution is 5.32. The molecule has 1 aliphatic rings. The molecule has 1 heterocycles. The summed E-state index contributed by atoms with van der Waals surface area (Å²) < 4.78 is 2.28. The van der Waals surface area contributed by atoms with Gasteiger partial charge in [-0.05, 0) is 19.8 Å². The molecule has 0 bridgehead atoms. The van der Waals surface area contributed by atoms with Crippen LogP contribution in [0.1, 0.15) is 25.8 Å². The first kappa shape index (κ1) is 9.52. The Kier molecular flexibility index (Phi) is 2.72. The molecule has 2 N–H and O–H groups in total. The molecule has 78 valence electrons. The van der Waals surface area contributed by atoms with Gasteiger partial charge in [-0.25, -0.2) is 4.98 Å². The van der Waals surface area contributed by atoms with Crippen LogP contribution < -0.4 is 10.6 Å². The summed E-state index contributed by atoms with van der Waals surface area (Å²) in [4.78, 5) is 6.64. The third kappa shape index (κ3) is 1.75. The van der Waals surface area contributed by atoms with Crippen molar-refractivity contribution in [1.29, 1.82) is 0 Å². The van der Waals surface area contributed by atoms with Crippen molar-refractivity contribution in [1.82, 2.24) is 9.55 Å². The number of aromatic nitrogens is 2. The van der Waals surface area contributed by atoms with Crippen molar-refractivity contribution in [3.05, 3.63) is 12.4 Å². The Morgan fingerprint density at radius 3 is 3.00 bits per heavy atom. The molecule has 0 aliphatic heterocycles. The third-order valence-electron chi connectivity index (χ3n) is 2.65. The lowest BCUT2D eigenvalue weighted by molar-refractivity contribution is 0.688. The lowest BCUT2D eigenvalue weighted by Gasteiger charge is -2.22. The molecule has 1 aromatic rings. The average molecular weight is 194 g/mol. The minimum atomic E-state index is 0.686. The SMILES string of the molecule is CCN(CCN)c1nccn1C1CC1. The third-order valence-corrected chi connectivity index (χ3v) is 2.65. The van der Waals surface area contributed by atoms with E-state index < -0.39 is 0 Å². The predicted octanol–water partition coefficient (Wildman–Crippen LogP) is 1.00. The van der Waals surface area contributed by atoms with Gasteiger partial charge in [0.1, 0.15) is 0 Å². The summed E-state index contributed by atoms with van der Waals surface area (Å²) in [7, 11) is 0. The van der Waals surface area contributed by atoms with Crippen molar-refractivity contribution in [2.75, 3.05) is 24.5 Å². The van der Waals surface area contributed by atoms with Crippen molar-refractivity contribution in [3.63, 3.8) is 0 Å². The monoisotopic (exact) mass is 194 g/mol. The van der Waals surface area contributed by atoms with Crippen LogP contribution in [0.25, 0.3) is 0 Å². The first-order chi connectivity index (χ1) is 6.86. The van der Waals surface area contributed by atoms with Crippen molar-refractivity contribution in [2.24, 2.45) is 5.73 Å². The molecule has 1 fully saturated rings. The summed E-state index contributed by atoms with van der Waals surface area (Å²) in [5.74, 6) is 1.08. The first-order valence-electron chi connectivity index (χ1n) is 5.34. The molecule has 1 aromatic heterocycles. The van der Waals surface area contributed by atoms with E-state index in [4.69, 9.17) is 5.73 Å². The molecule has 14 heavy (non-hydrogen) atoms. The molecule has 1 saturated carbocycles. The molecule has 0 aromatic carbocycles. The fourth-order valence-electron chi connectivity index (χ4n) is 1.74. The standard InChI is InChI=1S/C10H18N4/c1-2-13(7-5-11)10-12-6-8-14(10)9-3-4-9/h6,8-9H,2-5,7,11H2,1H3. The summed E-state index contributed by atoms with van der Waals surface area (Å²) in [6, 6.07) is 0.694. The number of hydrogen-bond donors (Lipinski definition) is 1. The summed E-state index contributed by atoms with van der Waals surface area (Å²) in [5, 5.41) is 0. The van der Waals surface area contributed by atoms with E-state index in [0.717, 1.165) is 19.0 Å². The predicted molar refractivity (Wildman–Crippen MR) is 57.4 cm³/mol. The van der Waals surface area contributed by atoms with Crippen LogP contribution in [0.4, 0.5) is 5.95 Å². The fourth-order valence-corrected chi connectivity index (χ4v) is 1.74. The zero-order valence-electron chi connectivity index (χ0n) is 8.69. The molecule has 4 nitrogen and oxygen atoms in total. The Balaban J connectivity index is 2.15. The number of nitrogens with two attached hydrogens (primary N) is 1. The lowest BCUT2D eigenvalue weighted by atomic mass is 10.5. The van der Waals surface area contributed by atoms with E-state index in [0.29, 0.717) is 12.6 Å². The number of imidazole rings is 1. The number of rotatable bonds is 5. The molecule has 2 rings (SSSR count). The van der Waals surface area contributed by atoms with Gasteiger partial charge in [0.25, 0.3) is 0 Å². The Morgan fingerprint density at radius 1 is 1.64 bits per heavy atom. The smallest absolute Gasteiger partial charge is 0.205 e. The molecular formula is C10H18N4. The van der Waals surface area contributed by atoms with Gasteiger partial charge >= 0.3 is 0 Å². The summed E-state index contributed by atoms with van der Waals surface area (Å²) in [6.45, 7) is 4.69. The molecule has 1 aliphatic carbocycles. The molecule has 0 unspecified atom stereocenters. The van der Waals surface area contributed by atoms with Crippen LogP contribution in [0.3, 0.4) is 0 Å². The zero-order chi connectivity index (χ0) is 9.97. The second-order valence-corrected chi connectivity index (χ2v) is 3.73. The summed E-state index contributed by atoms with van der Waals surface area (Å²) >= 11 is 0. The van der Waals surface area contributed by atoms with E-state index in [9.17, 15) is 0 Å². The van der Waals surface area contributed by atoms with Gasteiger partial charge in [0.05, 0.1) is 0 Å². The van der Waals surface area contributed by atoms with Crippen molar-refractivity contribution in [3.8, 4) is 0 Å². The van der Waals surface area contributed by atoms with Crippen molar-refractivity contribution < 1.29 is 0 Å². The van der Waals surface area contributed by atoms with Gasteiger partial charge < -0.3 is 15.2 Å². The van der Waals surface area contributed by atoms with Gasteiger partial charge in [0.2, 0.25) is 5.95 Å². The van der Waals surface area contributed by atoms with Crippen LogP contribution in [0, 0.1) is 0 Å². The Labute approximate surface area is 84.7 Å². The lowest BCUT2D eigenvalue weighted by Crippen LogP contribution is -2.31. The van der Waals surface area contributed by atoms with Crippen LogP contribution in [0.15, 0.2) is 12.4 Å². The fraction of sp³-hybridized carbons (Fsp3) is 0.700. The number of likely N-dealkylation sites (N-methyl/N-ethyl adjacent to an activating group) is 1. The molecule has 0 atom stereocenters. The van der Waals surface area contributed by atoms with Crippen LogP contribution >= 0.6 is 0 Å².